The fourth-order valence-corrected chi connectivity index (χ4v) is 1.81. The Hall–Kier alpha value is -2.12. The molecule has 0 fully saturated rings. The molecule has 2 amide bonds. The fraction of sp³-hybridized carbons (Fsp3) is 0.765. The smallest absolute Gasteiger partial charge is 0.320 e. The first-order valence-electron chi connectivity index (χ1n) is 9.23. The second kappa shape index (κ2) is 19.2. The molecule has 0 saturated heterocycles. The summed E-state index contributed by atoms with van der Waals surface area (Å²) in [4.78, 5) is 43.5. The van der Waals surface area contributed by atoms with Crippen LogP contribution in [0.25, 0.3) is 0 Å². The molecule has 0 saturated carbocycles. The second-order valence-electron chi connectivity index (χ2n) is 5.70. The van der Waals surface area contributed by atoms with Crippen LogP contribution >= 0.6 is 0 Å². The first-order chi connectivity index (χ1) is 14.0. The molecule has 1 atom stereocenters. The molecule has 0 spiro atoms. The third-order valence-electron chi connectivity index (χ3n) is 3.30. The largest absolute Gasteiger partial charge is 0.480 e. The predicted octanol–water partition coefficient (Wildman–Crippen LogP) is -2.32. The lowest BCUT2D eigenvalue weighted by atomic mass is 10.1. The average molecular weight is 421 g/mol. The number of carboxylic acid groups (broad SMARTS) is 1. The third kappa shape index (κ3) is 19.0. The number of aliphatic carboxylic acids is 1. The molecule has 0 aromatic carbocycles. The van der Waals surface area contributed by atoms with E-state index in [-0.39, 0.29) is 64.2 Å². The number of nitrogens with one attached hydrogen (secondary N) is 2. The highest BCUT2D eigenvalue weighted by Crippen LogP contribution is 1.94. The summed E-state index contributed by atoms with van der Waals surface area (Å²) in [7, 11) is 0. The van der Waals surface area contributed by atoms with E-state index < -0.39 is 12.0 Å². The minimum Gasteiger partial charge on any atom is -0.480 e. The van der Waals surface area contributed by atoms with Gasteiger partial charge in [-0.1, -0.05) is 0 Å². The molecule has 12 heteroatoms. The summed E-state index contributed by atoms with van der Waals surface area (Å²) in [6.45, 7) is 2.28. The number of carboxylic acids is 1. The van der Waals surface area contributed by atoms with Gasteiger partial charge in [0.2, 0.25) is 11.8 Å². The molecular formula is C17H31N3O9. The molecule has 0 bridgehead atoms. The Balaban J connectivity index is 3.35. The van der Waals surface area contributed by atoms with Crippen LogP contribution in [0.15, 0.2) is 0 Å². The van der Waals surface area contributed by atoms with Crippen LogP contribution in [0.1, 0.15) is 12.8 Å². The Morgan fingerprint density at radius 1 is 0.862 bits per heavy atom. The highest BCUT2D eigenvalue weighted by molar-refractivity contribution is 5.78. The summed E-state index contributed by atoms with van der Waals surface area (Å²) in [5, 5.41) is 13.8. The molecule has 0 aromatic heterocycles. The van der Waals surface area contributed by atoms with Gasteiger partial charge in [0, 0.05) is 19.5 Å². The van der Waals surface area contributed by atoms with Crippen molar-refractivity contribution in [2.75, 3.05) is 65.9 Å². The molecule has 0 aliphatic rings. The van der Waals surface area contributed by atoms with Crippen molar-refractivity contribution in [1.82, 2.24) is 10.6 Å². The van der Waals surface area contributed by atoms with E-state index in [4.69, 9.17) is 29.8 Å². The lowest BCUT2D eigenvalue weighted by molar-refractivity contribution is -0.138. The van der Waals surface area contributed by atoms with Crippen molar-refractivity contribution in [1.29, 1.82) is 0 Å². The van der Waals surface area contributed by atoms with Crippen molar-refractivity contribution in [3.05, 3.63) is 0 Å². The van der Waals surface area contributed by atoms with E-state index in [1.807, 2.05) is 0 Å². The molecule has 0 aliphatic carbocycles. The third-order valence-corrected chi connectivity index (χ3v) is 3.30. The van der Waals surface area contributed by atoms with Crippen molar-refractivity contribution in [2.24, 2.45) is 5.73 Å². The number of hydrogen-bond donors (Lipinski definition) is 4. The monoisotopic (exact) mass is 421 g/mol. The van der Waals surface area contributed by atoms with Gasteiger partial charge in [0.25, 0.3) is 0 Å². The maximum atomic E-state index is 11.5. The average Bonchev–Trinajstić information content (AvgIpc) is 2.69. The molecule has 0 radical (unpaired) electrons. The number of hydrogen-bond acceptors (Lipinski definition) is 9. The lowest BCUT2D eigenvalue weighted by Crippen LogP contribution is -2.33. The topological polar surface area (TPSA) is 176 Å². The van der Waals surface area contributed by atoms with Gasteiger partial charge < -0.3 is 45.2 Å². The van der Waals surface area contributed by atoms with Crippen LogP contribution in [-0.4, -0.2) is 101 Å². The Morgan fingerprint density at radius 3 is 2.00 bits per heavy atom. The molecule has 12 nitrogen and oxygen atoms in total. The SMILES string of the molecule is N[C@@H](CCC(=O)NCCOCCOCC(=O)NCCOCCOCC=O)C(=O)O. The van der Waals surface area contributed by atoms with Crippen molar-refractivity contribution in [3.63, 3.8) is 0 Å². The summed E-state index contributed by atoms with van der Waals surface area (Å²) < 4.78 is 20.5. The zero-order chi connectivity index (χ0) is 21.7. The van der Waals surface area contributed by atoms with Crippen LogP contribution in [0.2, 0.25) is 0 Å². The number of ether oxygens (including phenoxy) is 4. The van der Waals surface area contributed by atoms with Gasteiger partial charge in [-0.05, 0) is 6.42 Å². The molecule has 5 N–H and O–H groups in total. The summed E-state index contributed by atoms with van der Waals surface area (Å²) in [6.07, 6.45) is 0.762. The number of nitrogens with two attached hydrogens (primary N) is 1. The van der Waals surface area contributed by atoms with Gasteiger partial charge in [-0.2, -0.15) is 0 Å². The number of amides is 2. The Bertz CT molecular complexity index is 477. The lowest BCUT2D eigenvalue weighted by Gasteiger charge is -2.09. The molecule has 0 heterocycles. The standard InChI is InChI=1S/C17H31N3O9/c18-14(17(24)25)1-2-15(22)19-3-6-27-11-12-29-13-16(23)20-4-7-26-9-10-28-8-5-21/h5,14H,1-4,6-13,18H2,(H,19,22)(H,20,23)(H,24,25)/t14-/m0/s1. The van der Waals surface area contributed by atoms with Crippen LogP contribution in [0.3, 0.4) is 0 Å². The normalized spacial score (nSPS) is 11.6. The van der Waals surface area contributed by atoms with Crippen LogP contribution < -0.4 is 16.4 Å². The molecule has 29 heavy (non-hydrogen) atoms. The Kier molecular flexibility index (Phi) is 17.8. The molecule has 0 rings (SSSR count). The maximum absolute atomic E-state index is 11.5. The van der Waals surface area contributed by atoms with E-state index in [9.17, 15) is 19.2 Å². The Labute approximate surface area is 169 Å². The van der Waals surface area contributed by atoms with Crippen molar-refractivity contribution >= 4 is 24.1 Å². The zero-order valence-corrected chi connectivity index (χ0v) is 16.4. The molecule has 0 unspecified atom stereocenters. The van der Waals surface area contributed by atoms with E-state index in [0.29, 0.717) is 32.7 Å². The number of rotatable bonds is 20. The minimum absolute atomic E-state index is 0.0324. The first kappa shape index (κ1) is 26.9. The molecule has 0 aliphatic heterocycles. The zero-order valence-electron chi connectivity index (χ0n) is 16.4. The quantitative estimate of drug-likeness (QED) is 0.123. The van der Waals surface area contributed by atoms with Gasteiger partial charge >= 0.3 is 5.97 Å². The first-order valence-corrected chi connectivity index (χ1v) is 9.23. The van der Waals surface area contributed by atoms with Crippen molar-refractivity contribution in [3.8, 4) is 0 Å². The van der Waals surface area contributed by atoms with Crippen LogP contribution in [0, 0.1) is 0 Å². The molecule has 0 aromatic rings. The van der Waals surface area contributed by atoms with Crippen LogP contribution in [0.4, 0.5) is 0 Å². The van der Waals surface area contributed by atoms with Gasteiger partial charge in [-0.3, -0.25) is 14.4 Å². The van der Waals surface area contributed by atoms with Crippen molar-refractivity contribution in [2.45, 2.75) is 18.9 Å². The minimum atomic E-state index is -1.14. The number of aldehydes is 1. The van der Waals surface area contributed by atoms with Gasteiger partial charge in [-0.15, -0.1) is 0 Å². The second-order valence-corrected chi connectivity index (χ2v) is 5.70. The molecule has 168 valence electrons. The molecular weight excluding hydrogens is 390 g/mol. The van der Waals surface area contributed by atoms with Gasteiger partial charge in [0.1, 0.15) is 25.5 Å². The summed E-state index contributed by atoms with van der Waals surface area (Å²) in [5.74, 6) is -1.71. The van der Waals surface area contributed by atoms with E-state index in [0.717, 1.165) is 0 Å². The van der Waals surface area contributed by atoms with Crippen molar-refractivity contribution < 1.29 is 43.2 Å². The van der Waals surface area contributed by atoms with E-state index in [1.54, 1.807) is 0 Å². The van der Waals surface area contributed by atoms with E-state index in [1.165, 1.54) is 0 Å². The maximum Gasteiger partial charge on any atom is 0.320 e. The summed E-state index contributed by atoms with van der Waals surface area (Å²) in [6, 6.07) is -1.05. The number of carbonyl (C=O) groups excluding carboxylic acids is 3. The highest BCUT2D eigenvalue weighted by atomic mass is 16.5. The van der Waals surface area contributed by atoms with Gasteiger partial charge in [-0.25, -0.2) is 0 Å². The fourth-order valence-electron chi connectivity index (χ4n) is 1.81. The summed E-state index contributed by atoms with van der Waals surface area (Å²) >= 11 is 0. The van der Waals surface area contributed by atoms with Gasteiger partial charge in [0.15, 0.2) is 0 Å². The summed E-state index contributed by atoms with van der Waals surface area (Å²) in [5.41, 5.74) is 5.30. The Morgan fingerprint density at radius 2 is 1.41 bits per heavy atom. The van der Waals surface area contributed by atoms with E-state index >= 15 is 0 Å². The van der Waals surface area contributed by atoms with Gasteiger partial charge in [0.05, 0.1) is 39.6 Å². The predicted molar refractivity (Wildman–Crippen MR) is 100 cm³/mol. The highest BCUT2D eigenvalue weighted by Gasteiger charge is 2.13. The van der Waals surface area contributed by atoms with E-state index in [2.05, 4.69) is 10.6 Å². The number of carbonyl (C=O) groups is 4. The van der Waals surface area contributed by atoms with Crippen LogP contribution in [-0.2, 0) is 38.1 Å². The van der Waals surface area contributed by atoms with Crippen LogP contribution in [0.5, 0.6) is 0 Å².